The highest BCUT2D eigenvalue weighted by molar-refractivity contribution is 5.55. The van der Waals surface area contributed by atoms with Gasteiger partial charge in [-0.1, -0.05) is 44.2 Å². The third kappa shape index (κ3) is 3.44. The molecule has 0 fully saturated rings. The predicted molar refractivity (Wildman–Crippen MR) is 75.4 cm³/mol. The molecule has 2 rings (SSSR count). The van der Waals surface area contributed by atoms with Crippen molar-refractivity contribution in [2.75, 3.05) is 13.1 Å². The number of benzene rings is 1. The Morgan fingerprint density at radius 2 is 2.00 bits per heavy atom. The van der Waals surface area contributed by atoms with Gasteiger partial charge in [0.25, 0.3) is 0 Å². The molecule has 1 aromatic carbocycles. The first-order valence-corrected chi connectivity index (χ1v) is 6.54. The van der Waals surface area contributed by atoms with Gasteiger partial charge in [-0.2, -0.15) is 0 Å². The minimum Gasteiger partial charge on any atom is -0.330 e. The van der Waals surface area contributed by atoms with E-state index < -0.39 is 0 Å². The molecular formula is C15H21N3. The molecule has 0 radical (unpaired) electrons. The van der Waals surface area contributed by atoms with Crippen LogP contribution < -0.4 is 5.32 Å². The Morgan fingerprint density at radius 3 is 2.72 bits per heavy atom. The summed E-state index contributed by atoms with van der Waals surface area (Å²) in [5.41, 5.74) is 1.17. The zero-order valence-electron chi connectivity index (χ0n) is 11.1. The van der Waals surface area contributed by atoms with Gasteiger partial charge in [0, 0.05) is 31.0 Å². The van der Waals surface area contributed by atoms with Crippen LogP contribution in [0.1, 0.15) is 13.8 Å². The lowest BCUT2D eigenvalue weighted by Crippen LogP contribution is -2.24. The third-order valence-electron chi connectivity index (χ3n) is 2.83. The van der Waals surface area contributed by atoms with Crippen molar-refractivity contribution in [3.8, 4) is 11.4 Å². The lowest BCUT2D eigenvalue weighted by atomic mass is 10.2. The number of imidazole rings is 1. The molecule has 0 saturated carbocycles. The number of hydrogen-bond acceptors (Lipinski definition) is 2. The molecule has 0 aliphatic carbocycles. The van der Waals surface area contributed by atoms with Gasteiger partial charge >= 0.3 is 0 Å². The maximum absolute atomic E-state index is 4.44. The van der Waals surface area contributed by atoms with E-state index in [1.807, 2.05) is 30.6 Å². The van der Waals surface area contributed by atoms with Gasteiger partial charge in [-0.3, -0.25) is 0 Å². The first-order chi connectivity index (χ1) is 8.77. The minimum atomic E-state index is 0.696. The van der Waals surface area contributed by atoms with Crippen LogP contribution in [-0.2, 0) is 6.54 Å². The zero-order valence-corrected chi connectivity index (χ0v) is 11.1. The molecule has 3 heteroatoms. The SMILES string of the molecule is CC(C)CNCCn1ccnc1-c1ccccc1. The van der Waals surface area contributed by atoms with E-state index in [1.165, 1.54) is 5.56 Å². The molecule has 96 valence electrons. The maximum atomic E-state index is 4.44. The van der Waals surface area contributed by atoms with Crippen LogP contribution in [0.4, 0.5) is 0 Å². The molecule has 3 nitrogen and oxygen atoms in total. The normalized spacial score (nSPS) is 11.1. The standard InChI is InChI=1S/C15H21N3/c1-13(2)12-16-8-10-18-11-9-17-15(18)14-6-4-3-5-7-14/h3-7,9,11,13,16H,8,10,12H2,1-2H3. The van der Waals surface area contributed by atoms with Crippen LogP contribution in [0.2, 0.25) is 0 Å². The van der Waals surface area contributed by atoms with Gasteiger partial charge in [0.2, 0.25) is 0 Å². The van der Waals surface area contributed by atoms with Crippen molar-refractivity contribution in [3.63, 3.8) is 0 Å². The zero-order chi connectivity index (χ0) is 12.8. The van der Waals surface area contributed by atoms with Crippen molar-refractivity contribution >= 4 is 0 Å². The summed E-state index contributed by atoms with van der Waals surface area (Å²) < 4.78 is 2.20. The molecule has 0 atom stereocenters. The van der Waals surface area contributed by atoms with E-state index >= 15 is 0 Å². The van der Waals surface area contributed by atoms with Gasteiger partial charge in [-0.25, -0.2) is 4.98 Å². The van der Waals surface area contributed by atoms with Crippen molar-refractivity contribution in [2.45, 2.75) is 20.4 Å². The smallest absolute Gasteiger partial charge is 0.139 e. The van der Waals surface area contributed by atoms with E-state index in [0.29, 0.717) is 5.92 Å². The Bertz CT molecular complexity index is 460. The molecule has 0 amide bonds. The number of nitrogens with one attached hydrogen (secondary N) is 1. The highest BCUT2D eigenvalue weighted by atomic mass is 15.1. The summed E-state index contributed by atoms with van der Waals surface area (Å²) in [7, 11) is 0. The summed E-state index contributed by atoms with van der Waals surface area (Å²) in [5, 5.41) is 3.45. The number of hydrogen-bond donors (Lipinski definition) is 1. The third-order valence-corrected chi connectivity index (χ3v) is 2.83. The fraction of sp³-hybridized carbons (Fsp3) is 0.400. The Morgan fingerprint density at radius 1 is 1.22 bits per heavy atom. The fourth-order valence-corrected chi connectivity index (χ4v) is 1.93. The summed E-state index contributed by atoms with van der Waals surface area (Å²) in [4.78, 5) is 4.44. The van der Waals surface area contributed by atoms with E-state index in [2.05, 4.69) is 40.8 Å². The Hall–Kier alpha value is -1.61. The highest BCUT2D eigenvalue weighted by Crippen LogP contribution is 2.16. The predicted octanol–water partition coefficient (Wildman–Crippen LogP) is 2.80. The van der Waals surface area contributed by atoms with Gasteiger partial charge in [0.05, 0.1) is 0 Å². The van der Waals surface area contributed by atoms with Crippen LogP contribution >= 0.6 is 0 Å². The van der Waals surface area contributed by atoms with E-state index in [9.17, 15) is 0 Å². The van der Waals surface area contributed by atoms with Crippen molar-refractivity contribution in [3.05, 3.63) is 42.7 Å². The maximum Gasteiger partial charge on any atom is 0.139 e. The van der Waals surface area contributed by atoms with Crippen LogP contribution in [0.5, 0.6) is 0 Å². The van der Waals surface area contributed by atoms with Crippen LogP contribution in [0, 0.1) is 5.92 Å². The first-order valence-electron chi connectivity index (χ1n) is 6.54. The topological polar surface area (TPSA) is 29.9 Å². The van der Waals surface area contributed by atoms with Crippen LogP contribution in [0.3, 0.4) is 0 Å². The number of rotatable bonds is 6. The quantitative estimate of drug-likeness (QED) is 0.791. The monoisotopic (exact) mass is 243 g/mol. The Labute approximate surface area is 109 Å². The second kappa shape index (κ2) is 6.36. The van der Waals surface area contributed by atoms with Crippen LogP contribution in [-0.4, -0.2) is 22.6 Å². The van der Waals surface area contributed by atoms with Crippen LogP contribution in [0.25, 0.3) is 11.4 Å². The molecule has 1 aromatic heterocycles. The van der Waals surface area contributed by atoms with Gasteiger partial charge < -0.3 is 9.88 Å². The van der Waals surface area contributed by atoms with Gasteiger partial charge in [0.15, 0.2) is 0 Å². The average Bonchev–Trinajstić information content (AvgIpc) is 2.84. The van der Waals surface area contributed by atoms with Gasteiger partial charge in [0.1, 0.15) is 5.82 Å². The Balaban J connectivity index is 1.96. The molecule has 0 bridgehead atoms. The summed E-state index contributed by atoms with van der Waals surface area (Å²) in [6.45, 7) is 7.44. The number of aromatic nitrogens is 2. The molecule has 0 aliphatic heterocycles. The van der Waals surface area contributed by atoms with Crippen molar-refractivity contribution in [1.82, 2.24) is 14.9 Å². The summed E-state index contributed by atoms with van der Waals surface area (Å²) in [6, 6.07) is 10.3. The molecule has 1 N–H and O–H groups in total. The molecule has 2 aromatic rings. The fourth-order valence-electron chi connectivity index (χ4n) is 1.93. The summed E-state index contributed by atoms with van der Waals surface area (Å²) >= 11 is 0. The van der Waals surface area contributed by atoms with Gasteiger partial charge in [-0.15, -0.1) is 0 Å². The lowest BCUT2D eigenvalue weighted by molar-refractivity contribution is 0.526. The molecule has 18 heavy (non-hydrogen) atoms. The van der Waals surface area contributed by atoms with Crippen LogP contribution in [0.15, 0.2) is 42.7 Å². The number of nitrogens with zero attached hydrogens (tertiary/aromatic N) is 2. The minimum absolute atomic E-state index is 0.696. The molecule has 0 spiro atoms. The van der Waals surface area contributed by atoms with E-state index in [4.69, 9.17) is 0 Å². The van der Waals surface area contributed by atoms with Gasteiger partial charge in [-0.05, 0) is 12.5 Å². The molecule has 0 unspecified atom stereocenters. The summed E-state index contributed by atoms with van der Waals surface area (Å²) in [5.74, 6) is 1.74. The lowest BCUT2D eigenvalue weighted by Gasteiger charge is -2.10. The largest absolute Gasteiger partial charge is 0.330 e. The second-order valence-corrected chi connectivity index (χ2v) is 4.91. The molecule has 0 saturated heterocycles. The molecule has 0 aliphatic rings. The van der Waals surface area contributed by atoms with Crippen molar-refractivity contribution in [2.24, 2.45) is 5.92 Å². The summed E-state index contributed by atoms with van der Waals surface area (Å²) in [6.07, 6.45) is 3.91. The second-order valence-electron chi connectivity index (χ2n) is 4.91. The van der Waals surface area contributed by atoms with Crippen molar-refractivity contribution < 1.29 is 0 Å². The highest BCUT2D eigenvalue weighted by Gasteiger charge is 2.04. The van der Waals surface area contributed by atoms with E-state index in [1.54, 1.807) is 0 Å². The molecule has 1 heterocycles. The van der Waals surface area contributed by atoms with Crippen molar-refractivity contribution in [1.29, 1.82) is 0 Å². The van der Waals surface area contributed by atoms with E-state index in [-0.39, 0.29) is 0 Å². The first kappa shape index (κ1) is 12.8. The average molecular weight is 243 g/mol. The molecular weight excluding hydrogens is 222 g/mol. The van der Waals surface area contributed by atoms with E-state index in [0.717, 1.165) is 25.5 Å². The Kier molecular flexibility index (Phi) is 4.53.